The number of ether oxygens (including phenoxy) is 1. The van der Waals surface area contributed by atoms with E-state index in [1.54, 1.807) is 7.11 Å². The second-order valence-corrected chi connectivity index (χ2v) is 7.22. The molecule has 1 amide bonds. The highest BCUT2D eigenvalue weighted by molar-refractivity contribution is 5.82. The van der Waals surface area contributed by atoms with Gasteiger partial charge in [-0.1, -0.05) is 30.3 Å². The topological polar surface area (TPSA) is 41.6 Å². The van der Waals surface area contributed by atoms with Crippen molar-refractivity contribution in [2.45, 2.75) is 45.3 Å². The molecule has 3 rings (SSSR count). The molecule has 0 spiro atoms. The number of hydrogen-bond donors (Lipinski definition) is 1. The van der Waals surface area contributed by atoms with E-state index in [4.69, 9.17) is 4.74 Å². The van der Waals surface area contributed by atoms with Crippen molar-refractivity contribution in [3.63, 3.8) is 0 Å². The van der Waals surface area contributed by atoms with E-state index in [9.17, 15) is 4.79 Å². The van der Waals surface area contributed by atoms with Crippen LogP contribution in [0.2, 0.25) is 0 Å². The van der Waals surface area contributed by atoms with Gasteiger partial charge in [-0.05, 0) is 68.1 Å². The molecule has 0 aromatic heterocycles. The molecule has 1 fully saturated rings. The zero-order valence-electron chi connectivity index (χ0n) is 15.9. The van der Waals surface area contributed by atoms with E-state index in [1.165, 1.54) is 11.1 Å². The normalized spacial score (nSPS) is 17.5. The molecule has 0 aliphatic carbocycles. The number of nitrogens with zero attached hydrogens (tertiary/aromatic N) is 1. The molecule has 1 saturated heterocycles. The molecule has 1 heterocycles. The summed E-state index contributed by atoms with van der Waals surface area (Å²) in [5, 5.41) is 3.06. The van der Waals surface area contributed by atoms with Gasteiger partial charge in [-0.15, -0.1) is 0 Å². The quantitative estimate of drug-likeness (QED) is 0.858. The van der Waals surface area contributed by atoms with Gasteiger partial charge in [-0.25, -0.2) is 0 Å². The number of methoxy groups -OCH3 is 1. The number of hydrogen-bond acceptors (Lipinski definition) is 3. The van der Waals surface area contributed by atoms with Crippen LogP contribution in [0.3, 0.4) is 0 Å². The van der Waals surface area contributed by atoms with Gasteiger partial charge in [-0.2, -0.15) is 0 Å². The van der Waals surface area contributed by atoms with Crippen LogP contribution in [0.15, 0.2) is 48.5 Å². The number of carbonyl (C=O) groups excluding carboxylic acids is 1. The lowest BCUT2D eigenvalue weighted by Crippen LogP contribution is -2.45. The van der Waals surface area contributed by atoms with E-state index in [1.807, 2.05) is 32.0 Å². The first-order valence-corrected chi connectivity index (χ1v) is 9.34. The molecule has 0 saturated carbocycles. The Balaban J connectivity index is 1.75. The maximum atomic E-state index is 12.4. The summed E-state index contributed by atoms with van der Waals surface area (Å²) in [6.07, 6.45) is 2.01. The number of nitrogens with one attached hydrogen (secondary N) is 1. The van der Waals surface area contributed by atoms with Crippen molar-refractivity contribution in [3.05, 3.63) is 54.1 Å². The first-order valence-electron chi connectivity index (χ1n) is 9.34. The number of rotatable bonds is 6. The Morgan fingerprint density at radius 1 is 1.19 bits per heavy atom. The van der Waals surface area contributed by atoms with Gasteiger partial charge >= 0.3 is 0 Å². The Morgan fingerprint density at radius 2 is 1.92 bits per heavy atom. The molecule has 0 bridgehead atoms. The molecular weight excluding hydrogens is 324 g/mol. The fourth-order valence-corrected chi connectivity index (χ4v) is 3.58. The van der Waals surface area contributed by atoms with Crippen LogP contribution >= 0.6 is 0 Å². The van der Waals surface area contributed by atoms with Crippen molar-refractivity contribution < 1.29 is 9.53 Å². The van der Waals surface area contributed by atoms with Crippen molar-refractivity contribution in [2.24, 2.45) is 0 Å². The maximum Gasteiger partial charge on any atom is 0.237 e. The lowest BCUT2D eigenvalue weighted by molar-refractivity contribution is -0.126. The smallest absolute Gasteiger partial charge is 0.237 e. The van der Waals surface area contributed by atoms with Crippen LogP contribution < -0.4 is 10.1 Å². The van der Waals surface area contributed by atoms with Crippen LogP contribution in [0.5, 0.6) is 5.75 Å². The molecule has 1 atom stereocenters. The zero-order chi connectivity index (χ0) is 18.5. The van der Waals surface area contributed by atoms with Gasteiger partial charge < -0.3 is 10.1 Å². The second-order valence-electron chi connectivity index (χ2n) is 7.22. The predicted molar refractivity (Wildman–Crippen MR) is 105 cm³/mol. The maximum absolute atomic E-state index is 12.4. The van der Waals surface area contributed by atoms with E-state index >= 15 is 0 Å². The lowest BCUT2D eigenvalue weighted by atomic mass is 10.0. The van der Waals surface area contributed by atoms with E-state index < -0.39 is 0 Å². The van der Waals surface area contributed by atoms with E-state index in [0.29, 0.717) is 0 Å². The SMILES string of the molecule is COc1cccc(-c2cccc(CN3CCCC3C(=O)NC(C)C)c2)c1. The molecule has 2 aromatic carbocycles. The molecule has 1 N–H and O–H groups in total. The molecule has 1 aliphatic heterocycles. The first-order chi connectivity index (χ1) is 12.6. The van der Waals surface area contributed by atoms with E-state index in [-0.39, 0.29) is 18.0 Å². The van der Waals surface area contributed by atoms with Gasteiger partial charge in [0.2, 0.25) is 5.91 Å². The summed E-state index contributed by atoms with van der Waals surface area (Å²) in [6, 6.07) is 16.8. The second kappa shape index (κ2) is 8.37. The summed E-state index contributed by atoms with van der Waals surface area (Å²) in [6.45, 7) is 5.79. The summed E-state index contributed by atoms with van der Waals surface area (Å²) < 4.78 is 5.33. The van der Waals surface area contributed by atoms with Gasteiger partial charge in [0.05, 0.1) is 13.2 Å². The molecule has 1 unspecified atom stereocenters. The van der Waals surface area contributed by atoms with Gasteiger partial charge in [0.25, 0.3) is 0 Å². The zero-order valence-corrected chi connectivity index (χ0v) is 15.9. The lowest BCUT2D eigenvalue weighted by Gasteiger charge is -2.24. The number of benzene rings is 2. The molecule has 2 aromatic rings. The molecule has 26 heavy (non-hydrogen) atoms. The van der Waals surface area contributed by atoms with Crippen LogP contribution in [0.1, 0.15) is 32.3 Å². The summed E-state index contributed by atoms with van der Waals surface area (Å²) >= 11 is 0. The molecule has 4 heteroatoms. The third-order valence-electron chi connectivity index (χ3n) is 4.81. The largest absolute Gasteiger partial charge is 0.497 e. The number of carbonyl (C=O) groups is 1. The number of amides is 1. The molecule has 138 valence electrons. The highest BCUT2D eigenvalue weighted by Gasteiger charge is 2.30. The van der Waals surface area contributed by atoms with Gasteiger partial charge in [0.15, 0.2) is 0 Å². The van der Waals surface area contributed by atoms with Crippen LogP contribution in [0, 0.1) is 0 Å². The van der Waals surface area contributed by atoms with E-state index in [2.05, 4.69) is 40.5 Å². The van der Waals surface area contributed by atoms with Crippen molar-refractivity contribution in [1.29, 1.82) is 0 Å². The monoisotopic (exact) mass is 352 g/mol. The van der Waals surface area contributed by atoms with Gasteiger partial charge in [0, 0.05) is 12.6 Å². The molecule has 0 radical (unpaired) electrons. The predicted octanol–water partition coefficient (Wildman–Crippen LogP) is 3.85. The summed E-state index contributed by atoms with van der Waals surface area (Å²) in [7, 11) is 1.69. The van der Waals surface area contributed by atoms with E-state index in [0.717, 1.165) is 37.2 Å². The minimum absolute atomic E-state index is 0.0159. The van der Waals surface area contributed by atoms with Crippen LogP contribution in [0.25, 0.3) is 11.1 Å². The van der Waals surface area contributed by atoms with Crippen molar-refractivity contribution in [3.8, 4) is 16.9 Å². The number of likely N-dealkylation sites (tertiary alicyclic amines) is 1. The average molecular weight is 352 g/mol. The molecule has 1 aliphatic rings. The fraction of sp³-hybridized carbons (Fsp3) is 0.409. The summed E-state index contributed by atoms with van der Waals surface area (Å²) in [4.78, 5) is 14.7. The van der Waals surface area contributed by atoms with Gasteiger partial charge in [-0.3, -0.25) is 9.69 Å². The highest BCUT2D eigenvalue weighted by atomic mass is 16.5. The average Bonchev–Trinajstić information content (AvgIpc) is 3.10. The van der Waals surface area contributed by atoms with Crippen LogP contribution in [-0.4, -0.2) is 36.5 Å². The van der Waals surface area contributed by atoms with Crippen LogP contribution in [-0.2, 0) is 11.3 Å². The third kappa shape index (κ3) is 4.44. The van der Waals surface area contributed by atoms with Crippen molar-refractivity contribution >= 4 is 5.91 Å². The van der Waals surface area contributed by atoms with Crippen molar-refractivity contribution in [2.75, 3.05) is 13.7 Å². The van der Waals surface area contributed by atoms with Crippen LogP contribution in [0.4, 0.5) is 0 Å². The summed E-state index contributed by atoms with van der Waals surface area (Å²) in [5.41, 5.74) is 3.54. The fourth-order valence-electron chi connectivity index (χ4n) is 3.58. The first kappa shape index (κ1) is 18.5. The Hall–Kier alpha value is -2.33. The molecule has 4 nitrogen and oxygen atoms in total. The molecular formula is C22H28N2O2. The Labute approximate surface area is 156 Å². The van der Waals surface area contributed by atoms with Gasteiger partial charge in [0.1, 0.15) is 5.75 Å². The Kier molecular flexibility index (Phi) is 5.94. The minimum Gasteiger partial charge on any atom is -0.497 e. The minimum atomic E-state index is -0.0159. The van der Waals surface area contributed by atoms with Crippen molar-refractivity contribution in [1.82, 2.24) is 10.2 Å². The third-order valence-corrected chi connectivity index (χ3v) is 4.81. The summed E-state index contributed by atoms with van der Waals surface area (Å²) in [5.74, 6) is 1.01. The highest BCUT2D eigenvalue weighted by Crippen LogP contribution is 2.26. The standard InChI is InChI=1S/C22H28N2O2/c1-16(2)23-22(25)21-11-6-12-24(21)15-17-7-4-8-18(13-17)19-9-5-10-20(14-19)26-3/h4-5,7-10,13-14,16,21H,6,11-12,15H2,1-3H3,(H,23,25). The Bertz CT molecular complexity index is 757. The Morgan fingerprint density at radius 3 is 2.65 bits per heavy atom.